The fourth-order valence-electron chi connectivity index (χ4n) is 10.2. The van der Waals surface area contributed by atoms with Crippen molar-refractivity contribution in [2.24, 2.45) is 17.3 Å². The molecule has 7 rings (SSSR count). The molecule has 2 aliphatic carbocycles. The van der Waals surface area contributed by atoms with Gasteiger partial charge in [0.15, 0.2) is 0 Å². The van der Waals surface area contributed by atoms with Gasteiger partial charge in [-0.25, -0.2) is 0 Å². The van der Waals surface area contributed by atoms with E-state index in [-0.39, 0.29) is 16.5 Å². The lowest BCUT2D eigenvalue weighted by Gasteiger charge is -2.53. The summed E-state index contributed by atoms with van der Waals surface area (Å²) in [6, 6.07) is 18.0. The number of aromatic nitrogens is 1. The maximum atomic E-state index is 11.7. The van der Waals surface area contributed by atoms with Crippen LogP contribution in [0.25, 0.3) is 10.9 Å². The van der Waals surface area contributed by atoms with Gasteiger partial charge >= 0.3 is 0 Å². The molecule has 0 amide bonds. The van der Waals surface area contributed by atoms with Crippen molar-refractivity contribution in [3.63, 3.8) is 0 Å². The molecule has 0 radical (unpaired) electrons. The zero-order valence-corrected chi connectivity index (χ0v) is 23.0. The second kappa shape index (κ2) is 7.62. The molecule has 5 heteroatoms. The van der Waals surface area contributed by atoms with Crippen LogP contribution in [0.3, 0.4) is 0 Å². The number of aromatic amines is 1. The lowest BCUT2D eigenvalue weighted by Crippen LogP contribution is -2.61. The van der Waals surface area contributed by atoms with Gasteiger partial charge in [-0.05, 0) is 87.8 Å². The molecular formula is C32H42N4O. The van der Waals surface area contributed by atoms with E-state index in [1.807, 2.05) is 0 Å². The van der Waals surface area contributed by atoms with Crippen molar-refractivity contribution in [2.75, 3.05) is 32.5 Å². The van der Waals surface area contributed by atoms with E-state index in [4.69, 9.17) is 0 Å². The molecule has 37 heavy (non-hydrogen) atoms. The second-order valence-electron chi connectivity index (χ2n) is 13.5. The second-order valence-corrected chi connectivity index (χ2v) is 13.5. The van der Waals surface area contributed by atoms with Crippen LogP contribution in [-0.2, 0) is 11.8 Å². The Bertz CT molecular complexity index is 1370. The fourth-order valence-corrected chi connectivity index (χ4v) is 10.2. The number of aliphatic hydroxyl groups is 1. The zero-order valence-electron chi connectivity index (χ0n) is 23.0. The number of anilines is 1. The number of hydrogen-bond acceptors (Lipinski definition) is 4. The van der Waals surface area contributed by atoms with Crippen LogP contribution in [0.1, 0.15) is 62.8 Å². The summed E-state index contributed by atoms with van der Waals surface area (Å²) in [6.07, 6.45) is 3.80. The van der Waals surface area contributed by atoms with E-state index in [0.717, 1.165) is 38.8 Å². The smallest absolute Gasteiger partial charge is 0.104 e. The first-order valence-electron chi connectivity index (χ1n) is 14.2. The van der Waals surface area contributed by atoms with Gasteiger partial charge in [-0.2, -0.15) is 0 Å². The Kier molecular flexibility index (Phi) is 4.89. The standard InChI is InChI=1S/C32H42N4O/c1-29(2)19-30(3,37)18-23-26(29)27(28-21(14-16-33-4)20-10-6-8-12-24(20)34-28)31-15-17-36(5)32(23,31)35-25-13-9-7-11-22(25)31/h6-13,23,26-27,33-35,37H,14-19H2,1-5H3. The molecule has 0 spiro atoms. The Balaban J connectivity index is 1.56. The Morgan fingerprint density at radius 3 is 2.65 bits per heavy atom. The molecular weight excluding hydrogens is 456 g/mol. The average molecular weight is 499 g/mol. The van der Waals surface area contributed by atoms with E-state index in [1.165, 1.54) is 33.4 Å². The molecule has 3 aromatic rings. The van der Waals surface area contributed by atoms with Crippen molar-refractivity contribution in [2.45, 2.75) is 69.1 Å². The number of fused-ring (bicyclic) bond motifs is 3. The predicted molar refractivity (Wildman–Crippen MR) is 151 cm³/mol. The van der Waals surface area contributed by atoms with E-state index in [9.17, 15) is 5.11 Å². The van der Waals surface area contributed by atoms with Crippen LogP contribution in [0.5, 0.6) is 0 Å². The molecule has 2 aromatic carbocycles. The van der Waals surface area contributed by atoms with E-state index in [0.29, 0.717) is 17.8 Å². The molecule has 4 N–H and O–H groups in total. The van der Waals surface area contributed by atoms with Crippen molar-refractivity contribution in [1.82, 2.24) is 15.2 Å². The van der Waals surface area contributed by atoms with Gasteiger partial charge in [0.05, 0.1) is 5.60 Å². The molecule has 3 heterocycles. The molecule has 196 valence electrons. The van der Waals surface area contributed by atoms with Gasteiger partial charge in [0.2, 0.25) is 0 Å². The molecule has 3 fully saturated rings. The Labute approximate surface area is 221 Å². The average Bonchev–Trinajstić information content (AvgIpc) is 3.51. The summed E-state index contributed by atoms with van der Waals surface area (Å²) in [5.74, 6) is 1.11. The summed E-state index contributed by atoms with van der Waals surface area (Å²) in [5, 5.41) is 20.6. The van der Waals surface area contributed by atoms with Crippen molar-refractivity contribution < 1.29 is 5.11 Å². The summed E-state index contributed by atoms with van der Waals surface area (Å²) < 4.78 is 0. The quantitative estimate of drug-likeness (QED) is 0.398. The fraction of sp³-hybridized carbons (Fsp3) is 0.562. The Morgan fingerprint density at radius 2 is 1.84 bits per heavy atom. The number of likely N-dealkylation sites (tertiary alicyclic amines) is 1. The van der Waals surface area contributed by atoms with Crippen molar-refractivity contribution in [3.05, 3.63) is 65.4 Å². The number of H-pyrrole nitrogens is 1. The van der Waals surface area contributed by atoms with E-state index < -0.39 is 5.60 Å². The molecule has 0 bridgehead atoms. The number of rotatable bonds is 4. The Morgan fingerprint density at radius 1 is 1.08 bits per heavy atom. The van der Waals surface area contributed by atoms with Gasteiger partial charge in [-0.15, -0.1) is 0 Å². The number of nitrogens with zero attached hydrogens (tertiary/aromatic N) is 1. The predicted octanol–water partition coefficient (Wildman–Crippen LogP) is 5.23. The van der Waals surface area contributed by atoms with Gasteiger partial charge in [-0.3, -0.25) is 4.90 Å². The Hall–Kier alpha value is -2.34. The first kappa shape index (κ1) is 23.8. The van der Waals surface area contributed by atoms with Crippen LogP contribution in [0.15, 0.2) is 48.5 Å². The molecule has 5 nitrogen and oxygen atoms in total. The summed E-state index contributed by atoms with van der Waals surface area (Å²) in [6.45, 7) is 8.96. The third-order valence-corrected chi connectivity index (χ3v) is 10.9. The van der Waals surface area contributed by atoms with Crippen LogP contribution in [0.4, 0.5) is 5.69 Å². The van der Waals surface area contributed by atoms with Gasteiger partial charge in [0, 0.05) is 46.1 Å². The zero-order chi connectivity index (χ0) is 25.8. The maximum absolute atomic E-state index is 11.7. The molecule has 4 aliphatic rings. The first-order valence-corrected chi connectivity index (χ1v) is 14.2. The highest BCUT2D eigenvalue weighted by Gasteiger charge is 2.79. The number of nitrogens with one attached hydrogen (secondary N) is 3. The summed E-state index contributed by atoms with van der Waals surface area (Å²) in [4.78, 5) is 6.66. The minimum Gasteiger partial charge on any atom is -0.390 e. The van der Waals surface area contributed by atoms with Gasteiger partial charge in [0.25, 0.3) is 0 Å². The van der Waals surface area contributed by atoms with Crippen molar-refractivity contribution in [3.8, 4) is 0 Å². The van der Waals surface area contributed by atoms with Gasteiger partial charge < -0.3 is 20.7 Å². The molecule has 2 saturated carbocycles. The lowest BCUT2D eigenvalue weighted by molar-refractivity contribution is -0.0970. The monoisotopic (exact) mass is 498 g/mol. The summed E-state index contributed by atoms with van der Waals surface area (Å²) in [7, 11) is 4.38. The highest BCUT2D eigenvalue weighted by molar-refractivity contribution is 5.85. The number of para-hydroxylation sites is 2. The number of hydrogen-bond donors (Lipinski definition) is 4. The first-order chi connectivity index (χ1) is 17.7. The van der Waals surface area contributed by atoms with Crippen LogP contribution in [0.2, 0.25) is 0 Å². The normalized spacial score (nSPS) is 37.7. The maximum Gasteiger partial charge on any atom is 0.104 e. The van der Waals surface area contributed by atoms with Crippen molar-refractivity contribution in [1.29, 1.82) is 0 Å². The molecule has 1 aromatic heterocycles. The van der Waals surface area contributed by atoms with Crippen molar-refractivity contribution >= 4 is 16.6 Å². The van der Waals surface area contributed by atoms with Crippen LogP contribution in [0, 0.1) is 17.3 Å². The minimum absolute atomic E-state index is 0.00615. The van der Waals surface area contributed by atoms with Crippen LogP contribution < -0.4 is 10.6 Å². The number of benzene rings is 2. The summed E-state index contributed by atoms with van der Waals surface area (Å²) in [5.41, 5.74) is 6.00. The molecule has 2 aliphatic heterocycles. The molecule has 6 unspecified atom stereocenters. The van der Waals surface area contributed by atoms with Crippen LogP contribution >= 0.6 is 0 Å². The molecule has 1 saturated heterocycles. The lowest BCUT2D eigenvalue weighted by atomic mass is 9.56. The SMILES string of the molecule is CNCCc1c(C2C3C(CC(C)(O)CC3(C)C)C34Nc5ccccc5C23CCN4C)[nH]c2ccccc12. The van der Waals surface area contributed by atoms with E-state index >= 15 is 0 Å². The summed E-state index contributed by atoms with van der Waals surface area (Å²) >= 11 is 0. The third kappa shape index (κ3) is 2.86. The van der Waals surface area contributed by atoms with Crippen LogP contribution in [-0.4, -0.2) is 53.4 Å². The van der Waals surface area contributed by atoms with Gasteiger partial charge in [-0.1, -0.05) is 50.2 Å². The highest BCUT2D eigenvalue weighted by Crippen LogP contribution is 2.77. The largest absolute Gasteiger partial charge is 0.390 e. The number of likely N-dealkylation sites (N-methyl/N-ethyl adjacent to an activating group) is 2. The van der Waals surface area contributed by atoms with E-state index in [1.54, 1.807) is 0 Å². The van der Waals surface area contributed by atoms with Gasteiger partial charge in [0.1, 0.15) is 5.66 Å². The topological polar surface area (TPSA) is 63.3 Å². The molecule has 6 atom stereocenters. The minimum atomic E-state index is -0.671. The highest BCUT2D eigenvalue weighted by atomic mass is 16.3. The van der Waals surface area contributed by atoms with E-state index in [2.05, 4.69) is 104 Å². The third-order valence-electron chi connectivity index (χ3n) is 10.9.